The predicted octanol–water partition coefficient (Wildman–Crippen LogP) is 1.85. The first kappa shape index (κ1) is 15.7. The van der Waals surface area contributed by atoms with Crippen molar-refractivity contribution in [2.75, 3.05) is 21.3 Å². The zero-order valence-electron chi connectivity index (χ0n) is 12.4. The third kappa shape index (κ3) is 3.15. The highest BCUT2D eigenvalue weighted by molar-refractivity contribution is 5.99. The van der Waals surface area contributed by atoms with Crippen molar-refractivity contribution in [3.05, 3.63) is 17.7 Å². The van der Waals surface area contributed by atoms with E-state index in [1.165, 1.54) is 21.3 Å². The summed E-state index contributed by atoms with van der Waals surface area (Å²) in [6.45, 7) is 3.47. The Labute approximate surface area is 119 Å². The first-order valence-corrected chi connectivity index (χ1v) is 5.99. The Bertz CT molecular complexity index is 544. The molecule has 1 amide bonds. The van der Waals surface area contributed by atoms with Crippen molar-refractivity contribution in [1.82, 2.24) is 5.32 Å². The first-order valence-electron chi connectivity index (χ1n) is 5.99. The van der Waals surface area contributed by atoms with Crippen LogP contribution in [0.3, 0.4) is 0 Å². The fourth-order valence-corrected chi connectivity index (χ4v) is 1.67. The summed E-state index contributed by atoms with van der Waals surface area (Å²) in [5.41, 5.74) is -0.427. The second kappa shape index (κ2) is 6.20. The van der Waals surface area contributed by atoms with Crippen LogP contribution in [-0.2, 0) is 0 Å². The van der Waals surface area contributed by atoms with Gasteiger partial charge in [-0.15, -0.1) is 6.42 Å². The van der Waals surface area contributed by atoms with Crippen LogP contribution in [0.15, 0.2) is 12.1 Å². The molecule has 108 valence electrons. The van der Waals surface area contributed by atoms with Crippen LogP contribution in [0.5, 0.6) is 17.2 Å². The number of hydrogen-bond acceptors (Lipinski definition) is 4. The molecule has 0 unspecified atom stereocenters. The van der Waals surface area contributed by atoms with E-state index in [0.29, 0.717) is 22.8 Å². The lowest BCUT2D eigenvalue weighted by Gasteiger charge is -2.21. The maximum atomic E-state index is 12.3. The minimum Gasteiger partial charge on any atom is -0.493 e. The number of carbonyl (C=O) groups excluding carboxylic acids is 1. The van der Waals surface area contributed by atoms with Crippen molar-refractivity contribution in [1.29, 1.82) is 0 Å². The molecular formula is C15H19NO4. The van der Waals surface area contributed by atoms with Gasteiger partial charge in [-0.25, -0.2) is 0 Å². The van der Waals surface area contributed by atoms with Crippen LogP contribution < -0.4 is 19.5 Å². The van der Waals surface area contributed by atoms with Gasteiger partial charge in [0.1, 0.15) is 0 Å². The SMILES string of the molecule is C#CC(C)(C)NC(=O)c1ccc(OC)c(OC)c1OC. The highest BCUT2D eigenvalue weighted by Crippen LogP contribution is 2.39. The molecule has 0 aromatic heterocycles. The standard InChI is InChI=1S/C15H19NO4/c1-7-15(2,3)16-14(17)10-8-9-11(18-4)13(20-6)12(10)19-5/h1,8-9H,2-6H3,(H,16,17). The Balaban J connectivity index is 3.26. The zero-order chi connectivity index (χ0) is 15.3. The number of hydrogen-bond donors (Lipinski definition) is 1. The number of carbonyl (C=O) groups is 1. The smallest absolute Gasteiger partial charge is 0.256 e. The third-order valence-electron chi connectivity index (χ3n) is 2.74. The summed E-state index contributed by atoms with van der Waals surface area (Å²) in [6.07, 6.45) is 5.36. The second-order valence-corrected chi connectivity index (χ2v) is 4.61. The fourth-order valence-electron chi connectivity index (χ4n) is 1.67. The zero-order valence-corrected chi connectivity index (χ0v) is 12.4. The fraction of sp³-hybridized carbons (Fsp3) is 0.400. The molecule has 0 bridgehead atoms. The van der Waals surface area contributed by atoms with Crippen LogP contribution in [0.1, 0.15) is 24.2 Å². The van der Waals surface area contributed by atoms with Crippen LogP contribution in [-0.4, -0.2) is 32.8 Å². The molecule has 0 aliphatic rings. The van der Waals surface area contributed by atoms with E-state index in [1.807, 2.05) is 0 Å². The minimum absolute atomic E-state index is 0.303. The molecule has 0 heterocycles. The molecule has 0 saturated heterocycles. The molecule has 1 aromatic carbocycles. The quantitative estimate of drug-likeness (QED) is 0.835. The Kier molecular flexibility index (Phi) is 4.87. The number of terminal acetylenes is 1. The molecule has 0 fully saturated rings. The van der Waals surface area contributed by atoms with Crippen molar-refractivity contribution in [3.8, 4) is 29.6 Å². The maximum absolute atomic E-state index is 12.3. The van der Waals surface area contributed by atoms with Crippen molar-refractivity contribution >= 4 is 5.91 Å². The monoisotopic (exact) mass is 277 g/mol. The van der Waals surface area contributed by atoms with Crippen molar-refractivity contribution in [2.24, 2.45) is 0 Å². The highest BCUT2D eigenvalue weighted by atomic mass is 16.5. The second-order valence-electron chi connectivity index (χ2n) is 4.61. The summed E-state index contributed by atoms with van der Waals surface area (Å²) in [6, 6.07) is 3.24. The molecule has 0 aliphatic heterocycles. The van der Waals surface area contributed by atoms with E-state index < -0.39 is 5.54 Å². The molecule has 0 saturated carbocycles. The van der Waals surface area contributed by atoms with E-state index in [0.717, 1.165) is 0 Å². The molecule has 0 radical (unpaired) electrons. The van der Waals surface area contributed by atoms with Gasteiger partial charge in [0.05, 0.1) is 32.4 Å². The number of nitrogens with one attached hydrogen (secondary N) is 1. The molecule has 0 spiro atoms. The summed E-state index contributed by atoms with van der Waals surface area (Å²) < 4.78 is 15.7. The van der Waals surface area contributed by atoms with Gasteiger partial charge in [-0.2, -0.15) is 0 Å². The van der Waals surface area contributed by atoms with Gasteiger partial charge >= 0.3 is 0 Å². The topological polar surface area (TPSA) is 56.8 Å². The van der Waals surface area contributed by atoms with Crippen LogP contribution in [0.2, 0.25) is 0 Å². The van der Waals surface area contributed by atoms with Crippen molar-refractivity contribution in [3.63, 3.8) is 0 Å². The lowest BCUT2D eigenvalue weighted by Crippen LogP contribution is -2.42. The maximum Gasteiger partial charge on any atom is 0.256 e. The molecule has 1 aromatic rings. The van der Waals surface area contributed by atoms with Gasteiger partial charge in [0.25, 0.3) is 5.91 Å². The summed E-state index contributed by atoms with van der Waals surface area (Å²) in [7, 11) is 4.45. The van der Waals surface area contributed by atoms with Gasteiger partial charge in [-0.3, -0.25) is 4.79 Å². The minimum atomic E-state index is -0.755. The van der Waals surface area contributed by atoms with Gasteiger partial charge < -0.3 is 19.5 Å². The molecule has 5 heteroatoms. The average molecular weight is 277 g/mol. The van der Waals surface area contributed by atoms with Crippen molar-refractivity contribution in [2.45, 2.75) is 19.4 Å². The number of rotatable bonds is 5. The summed E-state index contributed by atoms with van der Waals surface area (Å²) >= 11 is 0. The Hall–Kier alpha value is -2.35. The third-order valence-corrected chi connectivity index (χ3v) is 2.74. The van der Waals surface area contributed by atoms with E-state index >= 15 is 0 Å². The van der Waals surface area contributed by atoms with Gasteiger partial charge in [0.15, 0.2) is 11.5 Å². The van der Waals surface area contributed by atoms with Gasteiger partial charge in [-0.1, -0.05) is 5.92 Å². The summed E-state index contributed by atoms with van der Waals surface area (Å²) in [4.78, 5) is 12.3. The molecule has 5 nitrogen and oxygen atoms in total. The van der Waals surface area contributed by atoms with E-state index in [-0.39, 0.29) is 5.91 Å². The molecule has 1 N–H and O–H groups in total. The lowest BCUT2D eigenvalue weighted by molar-refractivity contribution is 0.0926. The van der Waals surface area contributed by atoms with Crippen LogP contribution in [0, 0.1) is 12.3 Å². The van der Waals surface area contributed by atoms with Crippen LogP contribution in [0.4, 0.5) is 0 Å². The number of amides is 1. The van der Waals surface area contributed by atoms with Crippen LogP contribution >= 0.6 is 0 Å². The van der Waals surface area contributed by atoms with Gasteiger partial charge in [0, 0.05) is 0 Å². The highest BCUT2D eigenvalue weighted by Gasteiger charge is 2.24. The average Bonchev–Trinajstić information content (AvgIpc) is 2.44. The largest absolute Gasteiger partial charge is 0.493 e. The number of methoxy groups -OCH3 is 3. The van der Waals surface area contributed by atoms with Gasteiger partial charge in [-0.05, 0) is 26.0 Å². The molecule has 0 atom stereocenters. The molecule has 20 heavy (non-hydrogen) atoms. The van der Waals surface area contributed by atoms with Crippen molar-refractivity contribution < 1.29 is 19.0 Å². The summed E-state index contributed by atoms with van der Waals surface area (Å²) in [5, 5.41) is 2.73. The van der Waals surface area contributed by atoms with E-state index in [2.05, 4.69) is 11.2 Å². The number of benzene rings is 1. The Morgan fingerprint density at radius 2 is 1.75 bits per heavy atom. The Morgan fingerprint density at radius 1 is 1.15 bits per heavy atom. The van der Waals surface area contributed by atoms with E-state index in [4.69, 9.17) is 20.6 Å². The normalized spacial score (nSPS) is 10.4. The number of ether oxygens (including phenoxy) is 3. The molecule has 1 rings (SSSR count). The molecule has 0 aliphatic carbocycles. The lowest BCUT2D eigenvalue weighted by atomic mass is 10.1. The first-order chi connectivity index (χ1) is 9.40. The van der Waals surface area contributed by atoms with E-state index in [1.54, 1.807) is 26.0 Å². The Morgan fingerprint density at radius 3 is 2.20 bits per heavy atom. The summed E-state index contributed by atoms with van der Waals surface area (Å²) in [5.74, 6) is 3.31. The van der Waals surface area contributed by atoms with Gasteiger partial charge in [0.2, 0.25) is 5.75 Å². The molecular weight excluding hydrogens is 258 g/mol. The predicted molar refractivity (Wildman–Crippen MR) is 76.5 cm³/mol. The van der Waals surface area contributed by atoms with E-state index in [9.17, 15) is 4.79 Å². The van der Waals surface area contributed by atoms with Crippen LogP contribution in [0.25, 0.3) is 0 Å².